The van der Waals surface area contributed by atoms with E-state index < -0.39 is 0 Å². The van der Waals surface area contributed by atoms with Crippen molar-refractivity contribution >= 4 is 57.5 Å². The van der Waals surface area contributed by atoms with Crippen LogP contribution in [0.3, 0.4) is 0 Å². The minimum atomic E-state index is 0.413. The van der Waals surface area contributed by atoms with Crippen molar-refractivity contribution in [2.75, 3.05) is 77.6 Å². The summed E-state index contributed by atoms with van der Waals surface area (Å²) < 4.78 is 23.7. The average molecular weight is 695 g/mol. The number of ether oxygens (including phenoxy) is 4. The molecule has 0 aliphatic rings. The van der Waals surface area contributed by atoms with Crippen LogP contribution in [0.15, 0.2) is 109 Å². The minimum Gasteiger partial charge on any atom is -0.489 e. The van der Waals surface area contributed by atoms with Crippen molar-refractivity contribution in [3.05, 3.63) is 132 Å². The molecule has 0 aliphatic carbocycles. The molecule has 0 saturated carbocycles. The van der Waals surface area contributed by atoms with Crippen LogP contribution in [0.2, 0.25) is 0 Å². The maximum Gasteiger partial charge on any atom is 0.145 e. The maximum absolute atomic E-state index is 6.07. The van der Waals surface area contributed by atoms with Crippen LogP contribution in [0.1, 0.15) is 22.3 Å². The van der Waals surface area contributed by atoms with Gasteiger partial charge in [-0.2, -0.15) is 0 Å². The lowest BCUT2D eigenvalue weighted by molar-refractivity contribution is 0.0276. The van der Waals surface area contributed by atoms with E-state index in [0.717, 1.165) is 55.6 Å². The first-order chi connectivity index (χ1) is 25.5. The molecule has 4 aromatic carbocycles. The number of rotatable bonds is 17. The highest BCUT2D eigenvalue weighted by Crippen LogP contribution is 2.29. The van der Waals surface area contributed by atoms with Crippen molar-refractivity contribution in [1.29, 1.82) is 0 Å². The van der Waals surface area contributed by atoms with Gasteiger partial charge in [0.05, 0.1) is 26.4 Å². The Bertz CT molecular complexity index is 1960. The van der Waals surface area contributed by atoms with Crippen molar-refractivity contribution in [3.63, 3.8) is 0 Å². The van der Waals surface area contributed by atoms with E-state index in [0.29, 0.717) is 39.6 Å². The second-order valence-corrected chi connectivity index (χ2v) is 12.7. The van der Waals surface area contributed by atoms with E-state index in [-0.39, 0.29) is 0 Å². The zero-order valence-electron chi connectivity index (χ0n) is 30.4. The van der Waals surface area contributed by atoms with Gasteiger partial charge >= 0.3 is 0 Å². The molecule has 0 amide bonds. The lowest BCUT2D eigenvalue weighted by Crippen LogP contribution is -2.13. The quantitative estimate of drug-likeness (QED) is 0.0879. The molecule has 2 heterocycles. The summed E-state index contributed by atoms with van der Waals surface area (Å²) in [4.78, 5) is 13.4. The Morgan fingerprint density at radius 2 is 0.865 bits per heavy atom. The molecule has 0 atom stereocenters. The molecule has 0 unspecified atom stereocenters. The molecule has 6 rings (SSSR count). The molecule has 8 nitrogen and oxygen atoms in total. The molecular formula is C44H46N4O4. The SMILES string of the molecule is CN(C)c1ccc(/C=C/c2ccnc3c(OCCOCCOCCOc4cccc5c(/C=C/c6ccc(N(C)C)cc6)ccnc45)cccc23)cc1. The summed E-state index contributed by atoms with van der Waals surface area (Å²) in [5.74, 6) is 1.47. The number of aromatic nitrogens is 2. The van der Waals surface area contributed by atoms with Gasteiger partial charge in [-0.3, -0.25) is 9.97 Å². The van der Waals surface area contributed by atoms with Gasteiger partial charge in [0.2, 0.25) is 0 Å². The largest absolute Gasteiger partial charge is 0.489 e. The van der Waals surface area contributed by atoms with Crippen LogP contribution in [0.5, 0.6) is 11.5 Å². The van der Waals surface area contributed by atoms with E-state index in [4.69, 9.17) is 18.9 Å². The molecule has 0 spiro atoms. The van der Waals surface area contributed by atoms with Gasteiger partial charge in [-0.1, -0.05) is 72.8 Å². The van der Waals surface area contributed by atoms with Gasteiger partial charge in [-0.15, -0.1) is 0 Å². The van der Waals surface area contributed by atoms with Crippen LogP contribution in [0.4, 0.5) is 11.4 Å². The Labute approximate surface area is 306 Å². The third kappa shape index (κ3) is 9.54. The molecule has 0 aliphatic heterocycles. The standard InChI is InChI=1S/C44H46N4O4/c1-47(2)37-19-13-33(14-20-37)11-17-35-23-25-45-43-39(35)7-5-9-41(43)51-31-29-49-27-28-50-30-32-52-42-10-6-8-40-36(24-26-46-44(40)42)18-12-34-15-21-38(22-16-34)48(3)4/h5-26H,27-32H2,1-4H3/b17-11+,18-12+. The first-order valence-corrected chi connectivity index (χ1v) is 17.5. The van der Waals surface area contributed by atoms with Gasteiger partial charge in [0.25, 0.3) is 0 Å². The molecular weight excluding hydrogens is 649 g/mol. The Hall–Kier alpha value is -5.70. The molecule has 0 fully saturated rings. The Morgan fingerprint density at radius 1 is 0.462 bits per heavy atom. The topological polar surface area (TPSA) is 69.2 Å². The lowest BCUT2D eigenvalue weighted by Gasteiger charge is -2.12. The summed E-state index contributed by atoms with van der Waals surface area (Å²) in [6.07, 6.45) is 12.1. The molecule has 2 aromatic heterocycles. The monoisotopic (exact) mass is 694 g/mol. The first-order valence-electron chi connectivity index (χ1n) is 17.5. The summed E-state index contributed by atoms with van der Waals surface area (Å²) in [6.45, 7) is 2.64. The average Bonchev–Trinajstić information content (AvgIpc) is 3.17. The van der Waals surface area contributed by atoms with Crippen LogP contribution in [-0.2, 0) is 9.47 Å². The highest BCUT2D eigenvalue weighted by molar-refractivity contribution is 5.94. The van der Waals surface area contributed by atoms with Crippen molar-refractivity contribution < 1.29 is 18.9 Å². The fourth-order valence-electron chi connectivity index (χ4n) is 5.75. The zero-order valence-corrected chi connectivity index (χ0v) is 30.4. The Kier molecular flexibility index (Phi) is 12.5. The number of pyridine rings is 2. The van der Waals surface area contributed by atoms with Gasteiger partial charge in [0.15, 0.2) is 0 Å². The van der Waals surface area contributed by atoms with Gasteiger partial charge in [0.1, 0.15) is 35.7 Å². The molecule has 52 heavy (non-hydrogen) atoms. The summed E-state index contributed by atoms with van der Waals surface area (Å²) in [5.41, 5.74) is 8.45. The van der Waals surface area contributed by atoms with Crippen LogP contribution >= 0.6 is 0 Å². The fraction of sp³-hybridized carbons (Fsp3) is 0.227. The van der Waals surface area contributed by atoms with Gasteiger partial charge in [-0.05, 0) is 70.8 Å². The minimum absolute atomic E-state index is 0.413. The molecule has 8 heteroatoms. The fourth-order valence-corrected chi connectivity index (χ4v) is 5.75. The molecule has 6 aromatic rings. The van der Waals surface area contributed by atoms with E-state index >= 15 is 0 Å². The first kappa shape index (κ1) is 36.1. The molecule has 0 saturated heterocycles. The number of benzene rings is 4. The molecule has 266 valence electrons. The number of hydrogen-bond donors (Lipinski definition) is 0. The zero-order chi connectivity index (χ0) is 36.1. The predicted molar refractivity (Wildman–Crippen MR) is 216 cm³/mol. The van der Waals surface area contributed by atoms with Crippen molar-refractivity contribution in [1.82, 2.24) is 9.97 Å². The number of nitrogens with zero attached hydrogens (tertiary/aromatic N) is 4. The molecule has 0 N–H and O–H groups in total. The summed E-state index contributed by atoms with van der Waals surface area (Å²) in [6, 6.07) is 33.0. The summed E-state index contributed by atoms with van der Waals surface area (Å²) >= 11 is 0. The van der Waals surface area contributed by atoms with Crippen LogP contribution in [0.25, 0.3) is 46.1 Å². The van der Waals surface area contributed by atoms with E-state index in [1.54, 1.807) is 0 Å². The normalized spacial score (nSPS) is 11.5. The van der Waals surface area contributed by atoms with Crippen molar-refractivity contribution in [2.24, 2.45) is 0 Å². The third-order valence-electron chi connectivity index (χ3n) is 8.61. The van der Waals surface area contributed by atoms with E-state index in [9.17, 15) is 0 Å². The number of fused-ring (bicyclic) bond motifs is 2. The van der Waals surface area contributed by atoms with Crippen LogP contribution in [0, 0.1) is 0 Å². The van der Waals surface area contributed by atoms with Gasteiger partial charge in [0, 0.05) is 62.7 Å². The smallest absolute Gasteiger partial charge is 0.145 e. The summed E-state index contributed by atoms with van der Waals surface area (Å²) in [5, 5.41) is 2.08. The Morgan fingerprint density at radius 3 is 1.27 bits per heavy atom. The van der Waals surface area contributed by atoms with Gasteiger partial charge in [-0.25, -0.2) is 0 Å². The van der Waals surface area contributed by atoms with Gasteiger partial charge < -0.3 is 28.7 Å². The second kappa shape index (κ2) is 18.0. The van der Waals surface area contributed by atoms with E-state index in [2.05, 4.69) is 105 Å². The highest BCUT2D eigenvalue weighted by Gasteiger charge is 2.08. The number of para-hydroxylation sites is 2. The Balaban J connectivity index is 0.915. The predicted octanol–water partition coefficient (Wildman–Crippen LogP) is 8.75. The number of anilines is 2. The lowest BCUT2D eigenvalue weighted by atomic mass is 10.1. The van der Waals surface area contributed by atoms with Crippen molar-refractivity contribution in [3.8, 4) is 11.5 Å². The van der Waals surface area contributed by atoms with Crippen LogP contribution in [-0.4, -0.2) is 77.8 Å². The summed E-state index contributed by atoms with van der Waals surface area (Å²) in [7, 11) is 8.17. The highest BCUT2D eigenvalue weighted by atomic mass is 16.6. The molecule has 0 radical (unpaired) electrons. The van der Waals surface area contributed by atoms with E-state index in [1.165, 1.54) is 11.4 Å². The third-order valence-corrected chi connectivity index (χ3v) is 8.61. The maximum atomic E-state index is 6.07. The number of hydrogen-bond acceptors (Lipinski definition) is 8. The second-order valence-electron chi connectivity index (χ2n) is 12.7. The van der Waals surface area contributed by atoms with Crippen molar-refractivity contribution in [2.45, 2.75) is 0 Å². The van der Waals surface area contributed by atoms with Crippen LogP contribution < -0.4 is 19.3 Å². The van der Waals surface area contributed by atoms with E-state index in [1.807, 2.05) is 77.0 Å². The molecule has 0 bridgehead atoms.